The van der Waals surface area contributed by atoms with Crippen molar-refractivity contribution in [1.82, 2.24) is 14.9 Å². The van der Waals surface area contributed by atoms with E-state index in [9.17, 15) is 17.6 Å². The van der Waals surface area contributed by atoms with E-state index in [0.29, 0.717) is 34.0 Å². The molecule has 0 aliphatic heterocycles. The van der Waals surface area contributed by atoms with Gasteiger partial charge in [-0.15, -0.1) is 0 Å². The zero-order chi connectivity index (χ0) is 26.9. The molecule has 0 amide bonds. The average molecular weight is 521 g/mol. The van der Waals surface area contributed by atoms with Gasteiger partial charge in [-0.05, 0) is 58.7 Å². The van der Waals surface area contributed by atoms with E-state index in [2.05, 4.69) is 27.2 Å². The number of hydrogen-bond acceptors (Lipinski definition) is 6. The van der Waals surface area contributed by atoms with Gasteiger partial charge in [0.15, 0.2) is 11.5 Å². The topological polar surface area (TPSA) is 59.5 Å². The van der Waals surface area contributed by atoms with Crippen LogP contribution in [0.5, 0.6) is 11.5 Å². The Bertz CT molecular complexity index is 1260. The van der Waals surface area contributed by atoms with Gasteiger partial charge in [-0.1, -0.05) is 12.1 Å². The number of aryl methyl sites for hydroxylation is 1. The first kappa shape index (κ1) is 26.9. The smallest absolute Gasteiger partial charge is 0.419 e. The Kier molecular flexibility index (Phi) is 7.77. The SMILES string of the molecule is COc1cc2nc(C)nc(N[C@H](C)c3cccc(C(F)(F)F)c3F)c2cc1O[C@@H](C)CN(C)CC1CC1. The molecule has 2 aromatic carbocycles. The van der Waals surface area contributed by atoms with Crippen molar-refractivity contribution in [1.29, 1.82) is 0 Å². The van der Waals surface area contributed by atoms with Gasteiger partial charge in [0.05, 0.1) is 24.2 Å². The van der Waals surface area contributed by atoms with E-state index in [0.717, 1.165) is 25.1 Å². The predicted octanol–water partition coefficient (Wildman–Crippen LogP) is 6.39. The summed E-state index contributed by atoms with van der Waals surface area (Å²) in [5.41, 5.74) is -0.852. The molecule has 1 aromatic heterocycles. The van der Waals surface area contributed by atoms with Gasteiger partial charge >= 0.3 is 6.18 Å². The molecule has 10 heteroatoms. The van der Waals surface area contributed by atoms with E-state index in [-0.39, 0.29) is 11.7 Å². The van der Waals surface area contributed by atoms with Crippen LogP contribution in [0, 0.1) is 18.7 Å². The molecule has 0 spiro atoms. The van der Waals surface area contributed by atoms with Crippen LogP contribution in [-0.4, -0.2) is 48.2 Å². The third-order valence-corrected chi connectivity index (χ3v) is 6.41. The third kappa shape index (κ3) is 6.41. The number of alkyl halides is 3. The molecule has 6 nitrogen and oxygen atoms in total. The number of nitrogens with zero attached hydrogens (tertiary/aromatic N) is 3. The number of anilines is 1. The summed E-state index contributed by atoms with van der Waals surface area (Å²) >= 11 is 0. The fourth-order valence-electron chi connectivity index (χ4n) is 4.51. The van der Waals surface area contributed by atoms with Crippen molar-refractivity contribution in [2.75, 3.05) is 32.6 Å². The number of aromatic nitrogens is 2. The minimum absolute atomic E-state index is 0.114. The molecular weight excluding hydrogens is 488 g/mol. The second-order valence-corrected chi connectivity index (χ2v) is 9.81. The fourth-order valence-corrected chi connectivity index (χ4v) is 4.51. The number of nitrogens with one attached hydrogen (secondary N) is 1. The zero-order valence-electron chi connectivity index (χ0n) is 21.6. The summed E-state index contributed by atoms with van der Waals surface area (Å²) < 4.78 is 66.3. The first-order valence-electron chi connectivity index (χ1n) is 12.3. The number of rotatable bonds is 10. The maximum atomic E-state index is 14.8. The predicted molar refractivity (Wildman–Crippen MR) is 135 cm³/mol. The van der Waals surface area contributed by atoms with Crippen LogP contribution in [0.2, 0.25) is 0 Å². The Morgan fingerprint density at radius 3 is 2.51 bits per heavy atom. The minimum Gasteiger partial charge on any atom is -0.493 e. The van der Waals surface area contributed by atoms with Crippen LogP contribution in [0.1, 0.15) is 49.7 Å². The summed E-state index contributed by atoms with van der Waals surface area (Å²) in [6, 6.07) is 5.94. The van der Waals surface area contributed by atoms with Gasteiger partial charge in [-0.3, -0.25) is 0 Å². The van der Waals surface area contributed by atoms with Gasteiger partial charge in [0.25, 0.3) is 0 Å². The summed E-state index contributed by atoms with van der Waals surface area (Å²) in [4.78, 5) is 11.2. The highest BCUT2D eigenvalue weighted by Crippen LogP contribution is 2.38. The third-order valence-electron chi connectivity index (χ3n) is 6.41. The molecule has 37 heavy (non-hydrogen) atoms. The van der Waals surface area contributed by atoms with Crippen molar-refractivity contribution in [3.63, 3.8) is 0 Å². The van der Waals surface area contributed by atoms with Crippen LogP contribution in [-0.2, 0) is 6.18 Å². The van der Waals surface area contributed by atoms with E-state index >= 15 is 0 Å². The second-order valence-electron chi connectivity index (χ2n) is 9.81. The molecule has 1 aliphatic carbocycles. The lowest BCUT2D eigenvalue weighted by molar-refractivity contribution is -0.140. The molecule has 1 saturated carbocycles. The van der Waals surface area contributed by atoms with E-state index in [1.54, 1.807) is 33.1 Å². The van der Waals surface area contributed by atoms with Crippen molar-refractivity contribution in [2.24, 2.45) is 5.92 Å². The molecule has 1 N–H and O–H groups in total. The molecule has 0 radical (unpaired) electrons. The Labute approximate surface area is 214 Å². The van der Waals surface area contributed by atoms with Crippen LogP contribution in [0.25, 0.3) is 10.9 Å². The van der Waals surface area contributed by atoms with Gasteiger partial charge in [0, 0.05) is 30.1 Å². The number of ether oxygens (including phenoxy) is 2. The Hall–Kier alpha value is -3.14. The van der Waals surface area contributed by atoms with Crippen LogP contribution in [0.3, 0.4) is 0 Å². The number of hydrogen-bond donors (Lipinski definition) is 1. The molecule has 0 bridgehead atoms. The number of fused-ring (bicyclic) bond motifs is 1. The fraction of sp³-hybridized carbons (Fsp3) is 0.481. The molecule has 3 aromatic rings. The van der Waals surface area contributed by atoms with E-state index < -0.39 is 23.6 Å². The highest BCUT2D eigenvalue weighted by Gasteiger charge is 2.35. The molecule has 2 atom stereocenters. The van der Waals surface area contributed by atoms with Crippen molar-refractivity contribution in [3.05, 3.63) is 53.1 Å². The lowest BCUT2D eigenvalue weighted by Gasteiger charge is -2.23. The summed E-state index contributed by atoms with van der Waals surface area (Å²) in [6.45, 7) is 7.04. The molecule has 0 unspecified atom stereocenters. The van der Waals surface area contributed by atoms with E-state index in [1.165, 1.54) is 25.0 Å². The summed E-state index contributed by atoms with van der Waals surface area (Å²) in [5, 5.41) is 3.66. The normalized spacial score (nSPS) is 15.6. The molecule has 1 fully saturated rings. The van der Waals surface area contributed by atoms with Crippen molar-refractivity contribution >= 4 is 16.7 Å². The van der Waals surface area contributed by atoms with E-state index in [1.807, 2.05) is 6.92 Å². The van der Waals surface area contributed by atoms with Crippen molar-refractivity contribution in [3.8, 4) is 11.5 Å². The van der Waals surface area contributed by atoms with Crippen LogP contribution in [0.15, 0.2) is 30.3 Å². The van der Waals surface area contributed by atoms with Gasteiger partial charge in [-0.25, -0.2) is 14.4 Å². The summed E-state index contributed by atoms with van der Waals surface area (Å²) in [5.74, 6) is 1.27. The van der Waals surface area contributed by atoms with Crippen molar-refractivity contribution in [2.45, 2.75) is 51.9 Å². The lowest BCUT2D eigenvalue weighted by Crippen LogP contribution is -2.32. The van der Waals surface area contributed by atoms with Crippen LogP contribution >= 0.6 is 0 Å². The Morgan fingerprint density at radius 2 is 1.86 bits per heavy atom. The standard InChI is InChI=1S/C27H32F4N4O2/c1-15(13-35(4)14-18-9-10-18)37-24-11-20-22(12-23(24)36-5)33-17(3)34-26(20)32-16(2)19-7-6-8-21(25(19)28)27(29,30)31/h6-8,11-12,15-16,18H,9-10,13-14H2,1-5H3,(H,32,33,34)/t15-,16+/m0/s1. The van der Waals surface area contributed by atoms with Gasteiger partial charge in [0.1, 0.15) is 23.6 Å². The maximum absolute atomic E-state index is 14.8. The largest absolute Gasteiger partial charge is 0.493 e. The average Bonchev–Trinajstić information content (AvgIpc) is 3.61. The molecule has 0 saturated heterocycles. The first-order chi connectivity index (χ1) is 17.5. The van der Waals surface area contributed by atoms with Gasteiger partial charge in [0.2, 0.25) is 0 Å². The van der Waals surface area contributed by atoms with Crippen LogP contribution < -0.4 is 14.8 Å². The first-order valence-corrected chi connectivity index (χ1v) is 12.3. The Morgan fingerprint density at radius 1 is 1.14 bits per heavy atom. The molecular formula is C27H32F4N4O2. The lowest BCUT2D eigenvalue weighted by atomic mass is 10.0. The highest BCUT2D eigenvalue weighted by atomic mass is 19.4. The maximum Gasteiger partial charge on any atom is 0.419 e. The minimum atomic E-state index is -4.79. The van der Waals surface area contributed by atoms with Crippen molar-refractivity contribution < 1.29 is 27.0 Å². The number of likely N-dealkylation sites (N-methyl/N-ethyl adjacent to an activating group) is 1. The zero-order valence-corrected chi connectivity index (χ0v) is 21.6. The molecule has 1 aliphatic rings. The molecule has 1 heterocycles. The number of halogens is 4. The monoisotopic (exact) mass is 520 g/mol. The molecule has 200 valence electrons. The van der Waals surface area contributed by atoms with Gasteiger partial charge < -0.3 is 19.7 Å². The number of methoxy groups -OCH3 is 1. The second kappa shape index (κ2) is 10.7. The van der Waals surface area contributed by atoms with E-state index in [4.69, 9.17) is 9.47 Å². The number of benzene rings is 2. The van der Waals surface area contributed by atoms with Gasteiger partial charge in [-0.2, -0.15) is 13.2 Å². The highest BCUT2D eigenvalue weighted by molar-refractivity contribution is 5.92. The quantitative estimate of drug-likeness (QED) is 0.313. The van der Waals surface area contributed by atoms with Crippen LogP contribution in [0.4, 0.5) is 23.4 Å². The summed E-state index contributed by atoms with van der Waals surface area (Å²) in [6.07, 6.45) is -2.37. The molecule has 4 rings (SSSR count). The Balaban J connectivity index is 1.63. The summed E-state index contributed by atoms with van der Waals surface area (Å²) in [7, 11) is 3.62.